The van der Waals surface area contributed by atoms with Crippen LogP contribution in [0.4, 0.5) is 0 Å². The summed E-state index contributed by atoms with van der Waals surface area (Å²) in [6, 6.07) is 17.9. The van der Waals surface area contributed by atoms with Gasteiger partial charge in [-0.25, -0.2) is 0 Å². The minimum Gasteiger partial charge on any atom is -0.0615 e. The van der Waals surface area contributed by atoms with Crippen LogP contribution in [0.3, 0.4) is 0 Å². The van der Waals surface area contributed by atoms with E-state index in [2.05, 4.69) is 76.2 Å². The van der Waals surface area contributed by atoms with Gasteiger partial charge in [0.05, 0.1) is 0 Å². The lowest BCUT2D eigenvalue weighted by atomic mass is 9.99. The Balaban J connectivity index is 2.23. The summed E-state index contributed by atoms with van der Waals surface area (Å²) in [7, 11) is 0. The van der Waals surface area contributed by atoms with E-state index in [1.54, 1.807) is 0 Å². The quantitative estimate of drug-likeness (QED) is 0.560. The fourth-order valence-corrected chi connectivity index (χ4v) is 3.39. The molecule has 0 amide bonds. The van der Waals surface area contributed by atoms with E-state index in [9.17, 15) is 0 Å². The minimum atomic E-state index is 0.153. The summed E-state index contributed by atoms with van der Waals surface area (Å²) >= 11 is 1.36. The predicted octanol–water partition coefficient (Wildman–Crippen LogP) is 4.67. The van der Waals surface area contributed by atoms with Crippen LogP contribution in [0.5, 0.6) is 0 Å². The van der Waals surface area contributed by atoms with Crippen LogP contribution in [-0.2, 0) is 22.9 Å². The third-order valence-corrected chi connectivity index (χ3v) is 4.86. The largest absolute Gasteiger partial charge is 0.153 e. The van der Waals surface area contributed by atoms with Crippen molar-refractivity contribution in [3.8, 4) is 0 Å². The Morgan fingerprint density at radius 3 is 2.32 bits per heavy atom. The average molecular weight is 271 g/mol. The molecule has 0 fully saturated rings. The lowest BCUT2D eigenvalue weighted by Crippen LogP contribution is -2.19. The standard InChI is InChI=1S/C18H22S/c1-5-15-7-6-8-16(13-15)18(3,4)19-17-11-9-14(2)10-12-17/h6-13H,5H2,1-4H3/p+1. The molecule has 0 N–H and O–H groups in total. The summed E-state index contributed by atoms with van der Waals surface area (Å²) < 4.78 is 0.153. The highest BCUT2D eigenvalue weighted by atomic mass is 32.2. The van der Waals surface area contributed by atoms with Crippen molar-refractivity contribution in [1.82, 2.24) is 0 Å². The fourth-order valence-electron chi connectivity index (χ4n) is 2.18. The molecule has 0 unspecified atom stereocenters. The molecule has 100 valence electrons. The zero-order valence-corrected chi connectivity index (χ0v) is 13.2. The molecular weight excluding hydrogens is 248 g/mol. The second-order valence-electron chi connectivity index (χ2n) is 5.56. The molecule has 2 aromatic carbocycles. The van der Waals surface area contributed by atoms with Crippen molar-refractivity contribution >= 4 is 11.8 Å². The molecule has 0 aliphatic rings. The van der Waals surface area contributed by atoms with Gasteiger partial charge in [0, 0.05) is 17.3 Å². The van der Waals surface area contributed by atoms with Gasteiger partial charge in [-0.2, -0.15) is 0 Å². The first kappa shape index (κ1) is 14.2. The smallest absolute Gasteiger partial charge is 0.0615 e. The minimum absolute atomic E-state index is 0.153. The normalized spacial score (nSPS) is 11.6. The van der Waals surface area contributed by atoms with Gasteiger partial charge in [0.25, 0.3) is 0 Å². The maximum absolute atomic E-state index is 2.35. The van der Waals surface area contributed by atoms with Crippen LogP contribution >= 0.6 is 0 Å². The molecule has 0 aliphatic carbocycles. The predicted molar refractivity (Wildman–Crippen MR) is 87.1 cm³/mol. The third-order valence-electron chi connectivity index (χ3n) is 3.48. The molecule has 0 saturated carbocycles. The molecule has 0 aliphatic heterocycles. The van der Waals surface area contributed by atoms with E-state index < -0.39 is 0 Å². The number of thiol groups is 1. The monoisotopic (exact) mass is 271 g/mol. The molecule has 0 heterocycles. The first-order chi connectivity index (χ1) is 9.01. The molecule has 0 spiro atoms. The van der Waals surface area contributed by atoms with Gasteiger partial charge in [0.2, 0.25) is 0 Å². The van der Waals surface area contributed by atoms with Crippen molar-refractivity contribution in [2.75, 3.05) is 0 Å². The van der Waals surface area contributed by atoms with E-state index in [0.717, 1.165) is 6.42 Å². The topological polar surface area (TPSA) is 0 Å². The second kappa shape index (κ2) is 5.83. The number of hydrogen-bond donors (Lipinski definition) is 0. The van der Waals surface area contributed by atoms with Crippen LogP contribution in [0.15, 0.2) is 53.4 Å². The Hall–Kier alpha value is -1.21. The fraction of sp³-hybridized carbons (Fsp3) is 0.333. The Labute approximate surface area is 121 Å². The van der Waals surface area contributed by atoms with Gasteiger partial charge in [0.15, 0.2) is 9.64 Å². The van der Waals surface area contributed by atoms with Crippen LogP contribution < -0.4 is 0 Å². The number of hydrogen-bond acceptors (Lipinski definition) is 0. The number of rotatable bonds is 4. The Kier molecular flexibility index (Phi) is 4.36. The molecule has 0 atom stereocenters. The lowest BCUT2D eigenvalue weighted by Gasteiger charge is -2.18. The van der Waals surface area contributed by atoms with E-state index in [1.165, 1.54) is 33.3 Å². The second-order valence-corrected chi connectivity index (χ2v) is 7.42. The molecule has 1 heteroatoms. The Morgan fingerprint density at radius 1 is 1.00 bits per heavy atom. The zero-order chi connectivity index (χ0) is 13.9. The van der Waals surface area contributed by atoms with Crippen LogP contribution in [0, 0.1) is 6.92 Å². The van der Waals surface area contributed by atoms with E-state index >= 15 is 0 Å². The summed E-state index contributed by atoms with van der Waals surface area (Å²) in [6.45, 7) is 8.99. The highest BCUT2D eigenvalue weighted by Gasteiger charge is 2.30. The van der Waals surface area contributed by atoms with Gasteiger partial charge in [0.1, 0.15) is 0 Å². The molecular formula is C18H23S+. The Bertz CT molecular complexity index is 538. The van der Waals surface area contributed by atoms with Gasteiger partial charge in [-0.3, -0.25) is 0 Å². The molecule has 19 heavy (non-hydrogen) atoms. The SMILES string of the molecule is CCc1cccc(C(C)(C)[SH+]c2ccc(C)cc2)c1. The van der Waals surface area contributed by atoms with Crippen LogP contribution in [0.2, 0.25) is 0 Å². The highest BCUT2D eigenvalue weighted by Crippen LogP contribution is 2.29. The van der Waals surface area contributed by atoms with Crippen molar-refractivity contribution in [1.29, 1.82) is 0 Å². The van der Waals surface area contributed by atoms with E-state index in [4.69, 9.17) is 0 Å². The van der Waals surface area contributed by atoms with E-state index in [1.807, 2.05) is 0 Å². The van der Waals surface area contributed by atoms with Gasteiger partial charge >= 0.3 is 0 Å². The summed E-state index contributed by atoms with van der Waals surface area (Å²) in [4.78, 5) is 1.39. The van der Waals surface area contributed by atoms with Crippen LogP contribution in [0.25, 0.3) is 0 Å². The summed E-state index contributed by atoms with van der Waals surface area (Å²) in [5.74, 6) is 0. The molecule has 0 bridgehead atoms. The van der Waals surface area contributed by atoms with Crippen LogP contribution in [-0.4, -0.2) is 0 Å². The van der Waals surface area contributed by atoms with Gasteiger partial charge in [-0.05, 0) is 44.9 Å². The molecule has 0 radical (unpaired) electrons. The van der Waals surface area contributed by atoms with Crippen molar-refractivity contribution < 1.29 is 0 Å². The van der Waals surface area contributed by atoms with E-state index in [-0.39, 0.29) is 4.75 Å². The molecule has 0 saturated heterocycles. The van der Waals surface area contributed by atoms with Crippen LogP contribution in [0.1, 0.15) is 37.5 Å². The number of aryl methyl sites for hydroxylation is 2. The van der Waals surface area contributed by atoms with Crippen molar-refractivity contribution in [3.05, 3.63) is 65.2 Å². The maximum atomic E-state index is 2.35. The van der Waals surface area contributed by atoms with Gasteiger partial charge < -0.3 is 0 Å². The molecule has 2 aromatic rings. The van der Waals surface area contributed by atoms with Crippen molar-refractivity contribution in [3.63, 3.8) is 0 Å². The summed E-state index contributed by atoms with van der Waals surface area (Å²) in [5, 5.41) is 0. The first-order valence-electron chi connectivity index (χ1n) is 6.90. The molecule has 0 aromatic heterocycles. The maximum Gasteiger partial charge on any atom is 0.153 e. The average Bonchev–Trinajstić information content (AvgIpc) is 2.41. The van der Waals surface area contributed by atoms with Crippen molar-refractivity contribution in [2.45, 2.75) is 43.8 Å². The third kappa shape index (κ3) is 3.63. The van der Waals surface area contributed by atoms with Gasteiger partial charge in [-0.15, -0.1) is 0 Å². The van der Waals surface area contributed by atoms with E-state index in [0.29, 0.717) is 0 Å². The summed E-state index contributed by atoms with van der Waals surface area (Å²) in [5.41, 5.74) is 4.17. The number of benzene rings is 2. The lowest BCUT2D eigenvalue weighted by molar-refractivity contribution is 0.776. The van der Waals surface area contributed by atoms with Crippen molar-refractivity contribution in [2.24, 2.45) is 0 Å². The zero-order valence-electron chi connectivity index (χ0n) is 12.3. The van der Waals surface area contributed by atoms with Gasteiger partial charge in [-0.1, -0.05) is 48.9 Å². The first-order valence-corrected chi connectivity index (χ1v) is 7.80. The summed E-state index contributed by atoms with van der Waals surface area (Å²) in [6.07, 6.45) is 1.10. The molecule has 2 rings (SSSR count). The highest BCUT2D eigenvalue weighted by molar-refractivity contribution is 7.79. The molecule has 0 nitrogen and oxygen atoms in total. The Morgan fingerprint density at radius 2 is 1.68 bits per heavy atom.